The molecule has 2 N–H and O–H groups in total. The minimum Gasteiger partial charge on any atom is -0.491 e. The average molecular weight is 236 g/mol. The Morgan fingerprint density at radius 1 is 1.35 bits per heavy atom. The van der Waals surface area contributed by atoms with Gasteiger partial charge in [-0.1, -0.05) is 18.2 Å². The van der Waals surface area contributed by atoms with Crippen LogP contribution in [0.2, 0.25) is 0 Å². The van der Waals surface area contributed by atoms with Gasteiger partial charge in [0.1, 0.15) is 5.75 Å². The number of hydrogen-bond acceptors (Lipinski definition) is 3. The van der Waals surface area contributed by atoms with Crippen LogP contribution in [0.25, 0.3) is 0 Å². The third-order valence-corrected chi connectivity index (χ3v) is 2.15. The number of rotatable bonds is 6. The molecule has 1 amide bonds. The third-order valence-electron chi connectivity index (χ3n) is 2.15. The first-order valence-electron chi connectivity index (χ1n) is 5.79. The number of nitrogens with one attached hydrogen (secondary N) is 2. The molecular weight excluding hydrogens is 216 g/mol. The van der Waals surface area contributed by atoms with Crippen molar-refractivity contribution < 1.29 is 9.53 Å². The Morgan fingerprint density at radius 2 is 2.06 bits per heavy atom. The summed E-state index contributed by atoms with van der Waals surface area (Å²) in [5.74, 6) is 0.805. The van der Waals surface area contributed by atoms with Gasteiger partial charge in [-0.05, 0) is 27.0 Å². The van der Waals surface area contributed by atoms with Gasteiger partial charge < -0.3 is 15.4 Å². The number of carbonyl (C=O) groups excluding carboxylic acids is 1. The summed E-state index contributed by atoms with van der Waals surface area (Å²) in [6, 6.07) is 7.74. The number of ether oxygens (including phenoxy) is 1. The van der Waals surface area contributed by atoms with E-state index in [-0.39, 0.29) is 12.0 Å². The van der Waals surface area contributed by atoms with Gasteiger partial charge in [0, 0.05) is 12.1 Å². The van der Waals surface area contributed by atoms with Crippen molar-refractivity contribution in [3.8, 4) is 5.75 Å². The minimum atomic E-state index is -0.0214. The van der Waals surface area contributed by atoms with E-state index < -0.39 is 0 Å². The molecule has 0 bridgehead atoms. The van der Waals surface area contributed by atoms with Crippen molar-refractivity contribution in [1.82, 2.24) is 10.6 Å². The van der Waals surface area contributed by atoms with E-state index in [1.54, 1.807) is 7.05 Å². The molecule has 17 heavy (non-hydrogen) atoms. The van der Waals surface area contributed by atoms with E-state index in [9.17, 15) is 4.79 Å². The Hall–Kier alpha value is -1.55. The maximum absolute atomic E-state index is 11.3. The highest BCUT2D eigenvalue weighted by atomic mass is 16.5. The molecule has 0 heterocycles. The van der Waals surface area contributed by atoms with Crippen molar-refractivity contribution in [3.63, 3.8) is 0 Å². The lowest BCUT2D eigenvalue weighted by molar-refractivity contribution is -0.120. The van der Waals surface area contributed by atoms with Crippen LogP contribution in [0.3, 0.4) is 0 Å². The fourth-order valence-corrected chi connectivity index (χ4v) is 1.44. The van der Waals surface area contributed by atoms with Crippen molar-refractivity contribution >= 4 is 5.91 Å². The maximum Gasteiger partial charge on any atom is 0.234 e. The van der Waals surface area contributed by atoms with Crippen molar-refractivity contribution in [3.05, 3.63) is 29.8 Å². The average Bonchev–Trinajstić information content (AvgIpc) is 2.27. The molecule has 0 saturated heterocycles. The molecule has 0 radical (unpaired) electrons. The van der Waals surface area contributed by atoms with Crippen LogP contribution in [0.1, 0.15) is 19.4 Å². The van der Waals surface area contributed by atoms with Gasteiger partial charge in [-0.2, -0.15) is 0 Å². The normalized spacial score (nSPS) is 10.4. The molecule has 0 fully saturated rings. The summed E-state index contributed by atoms with van der Waals surface area (Å²) in [5.41, 5.74) is 0.991. The Bertz CT molecular complexity index is 364. The smallest absolute Gasteiger partial charge is 0.234 e. The molecule has 1 rings (SSSR count). The molecule has 0 saturated carbocycles. The molecule has 0 atom stereocenters. The van der Waals surface area contributed by atoms with Gasteiger partial charge in [0.05, 0.1) is 12.6 Å². The topological polar surface area (TPSA) is 50.4 Å². The highest BCUT2D eigenvalue weighted by molar-refractivity contribution is 5.77. The number of likely N-dealkylation sites (N-methyl/N-ethyl adjacent to an activating group) is 1. The van der Waals surface area contributed by atoms with E-state index in [0.717, 1.165) is 11.3 Å². The van der Waals surface area contributed by atoms with Gasteiger partial charge in [0.2, 0.25) is 5.91 Å². The number of benzene rings is 1. The largest absolute Gasteiger partial charge is 0.491 e. The van der Waals surface area contributed by atoms with Gasteiger partial charge in [-0.15, -0.1) is 0 Å². The minimum absolute atomic E-state index is 0.0214. The zero-order chi connectivity index (χ0) is 12.7. The van der Waals surface area contributed by atoms with Gasteiger partial charge >= 0.3 is 0 Å². The standard InChI is InChI=1S/C13H20N2O2/c1-10(2)17-12-7-5-4-6-11(12)8-15-13(16)9-14-3/h4-7,10,14H,8-9H2,1-3H3,(H,15,16). The maximum atomic E-state index is 11.3. The molecule has 4 nitrogen and oxygen atoms in total. The van der Waals surface area contributed by atoms with Gasteiger partial charge in [0.25, 0.3) is 0 Å². The molecule has 0 aromatic heterocycles. The lowest BCUT2D eigenvalue weighted by Gasteiger charge is -2.14. The predicted octanol–water partition coefficient (Wildman–Crippen LogP) is 1.31. The summed E-state index contributed by atoms with van der Waals surface area (Å²) in [5, 5.41) is 5.64. The second kappa shape index (κ2) is 6.91. The summed E-state index contributed by atoms with van der Waals surface area (Å²) < 4.78 is 5.67. The predicted molar refractivity (Wildman–Crippen MR) is 68.0 cm³/mol. The molecule has 4 heteroatoms. The Morgan fingerprint density at radius 3 is 2.71 bits per heavy atom. The van der Waals surface area contributed by atoms with E-state index in [1.807, 2.05) is 38.1 Å². The number of amides is 1. The molecule has 0 aliphatic heterocycles. The van der Waals surface area contributed by atoms with Crippen molar-refractivity contribution in [1.29, 1.82) is 0 Å². The third kappa shape index (κ3) is 4.87. The number of hydrogen-bond donors (Lipinski definition) is 2. The monoisotopic (exact) mass is 236 g/mol. The van der Waals surface area contributed by atoms with Gasteiger partial charge in [-0.3, -0.25) is 4.79 Å². The van der Waals surface area contributed by atoms with Crippen LogP contribution in [0.15, 0.2) is 24.3 Å². The van der Waals surface area contributed by atoms with Crippen molar-refractivity contribution in [2.45, 2.75) is 26.5 Å². The molecule has 0 aliphatic carbocycles. The molecule has 0 spiro atoms. The number of para-hydroxylation sites is 1. The van der Waals surface area contributed by atoms with E-state index in [2.05, 4.69) is 10.6 Å². The van der Waals surface area contributed by atoms with Crippen LogP contribution < -0.4 is 15.4 Å². The fourth-order valence-electron chi connectivity index (χ4n) is 1.44. The van der Waals surface area contributed by atoms with Crippen LogP contribution in [0, 0.1) is 0 Å². The van der Waals surface area contributed by atoms with E-state index in [1.165, 1.54) is 0 Å². The van der Waals surface area contributed by atoms with Crippen LogP contribution >= 0.6 is 0 Å². The van der Waals surface area contributed by atoms with Crippen molar-refractivity contribution in [2.75, 3.05) is 13.6 Å². The van der Waals surface area contributed by atoms with E-state index in [4.69, 9.17) is 4.74 Å². The SMILES string of the molecule is CNCC(=O)NCc1ccccc1OC(C)C. The molecule has 0 aliphatic rings. The second-order valence-corrected chi connectivity index (χ2v) is 4.08. The van der Waals surface area contributed by atoms with E-state index >= 15 is 0 Å². The van der Waals surface area contributed by atoms with Crippen LogP contribution in [-0.4, -0.2) is 25.6 Å². The first kappa shape index (κ1) is 13.5. The second-order valence-electron chi connectivity index (χ2n) is 4.08. The lowest BCUT2D eigenvalue weighted by atomic mass is 10.2. The Balaban J connectivity index is 2.60. The summed E-state index contributed by atoms with van der Waals surface area (Å²) in [6.45, 7) is 4.78. The molecule has 94 valence electrons. The fraction of sp³-hybridized carbons (Fsp3) is 0.462. The first-order valence-corrected chi connectivity index (χ1v) is 5.79. The molecule has 1 aromatic carbocycles. The Kier molecular flexibility index (Phi) is 5.49. The first-order chi connectivity index (χ1) is 8.13. The zero-order valence-electron chi connectivity index (χ0n) is 10.6. The van der Waals surface area contributed by atoms with Gasteiger partial charge in [0.15, 0.2) is 0 Å². The summed E-state index contributed by atoms with van der Waals surface area (Å²) in [4.78, 5) is 11.3. The zero-order valence-corrected chi connectivity index (χ0v) is 10.6. The van der Waals surface area contributed by atoms with Crippen LogP contribution in [0.5, 0.6) is 5.75 Å². The summed E-state index contributed by atoms with van der Waals surface area (Å²) >= 11 is 0. The van der Waals surface area contributed by atoms with Crippen LogP contribution in [-0.2, 0) is 11.3 Å². The summed E-state index contributed by atoms with van der Waals surface area (Å²) in [6.07, 6.45) is 0.129. The highest BCUT2D eigenvalue weighted by Crippen LogP contribution is 2.18. The quantitative estimate of drug-likeness (QED) is 0.783. The summed E-state index contributed by atoms with van der Waals surface area (Å²) in [7, 11) is 1.75. The van der Waals surface area contributed by atoms with Crippen molar-refractivity contribution in [2.24, 2.45) is 0 Å². The Labute approximate surface area is 102 Å². The number of carbonyl (C=O) groups is 1. The molecular formula is C13H20N2O2. The van der Waals surface area contributed by atoms with E-state index in [0.29, 0.717) is 13.1 Å². The lowest BCUT2D eigenvalue weighted by Crippen LogP contribution is -2.31. The van der Waals surface area contributed by atoms with Crippen LogP contribution in [0.4, 0.5) is 0 Å². The highest BCUT2D eigenvalue weighted by Gasteiger charge is 2.06. The molecule has 1 aromatic rings. The molecule has 0 unspecified atom stereocenters. The van der Waals surface area contributed by atoms with Gasteiger partial charge in [-0.25, -0.2) is 0 Å².